The van der Waals surface area contributed by atoms with Crippen molar-refractivity contribution in [1.82, 2.24) is 0 Å². The molecule has 4 aromatic rings. The largest absolute Gasteiger partial charge is 0.456 e. The summed E-state index contributed by atoms with van der Waals surface area (Å²) in [6.45, 7) is 0. The van der Waals surface area contributed by atoms with Crippen LogP contribution in [0.2, 0.25) is 0 Å². The van der Waals surface area contributed by atoms with Gasteiger partial charge in [-0.1, -0.05) is 91.0 Å². The Balaban J connectivity index is 1.70. The molecule has 2 nitrogen and oxygen atoms in total. The van der Waals surface area contributed by atoms with Crippen LogP contribution in [0, 0.1) is 0 Å². The fourth-order valence-electron chi connectivity index (χ4n) is 3.94. The molecule has 0 saturated heterocycles. The molecular formula is C28H20O2S. The molecule has 1 aromatic heterocycles. The molecule has 0 radical (unpaired) electrons. The first-order valence-electron chi connectivity index (χ1n) is 10.2. The standard InChI is InChI=1S/C28H20O2S/c29-24(26-16-9-19-31-26)18-17-23-27(20-10-3-1-4-11-20)22-14-7-8-15-25(22)30-28(23)21-12-5-2-6-13-21/h1-19,27H/t27-/m0/s1. The van der Waals surface area contributed by atoms with Gasteiger partial charge in [-0.3, -0.25) is 4.79 Å². The van der Waals surface area contributed by atoms with Crippen molar-refractivity contribution in [3.63, 3.8) is 0 Å². The van der Waals surface area contributed by atoms with Gasteiger partial charge in [0.1, 0.15) is 11.5 Å². The molecule has 1 aliphatic heterocycles. The second-order valence-electron chi connectivity index (χ2n) is 7.31. The molecule has 2 heterocycles. The van der Waals surface area contributed by atoms with Gasteiger partial charge < -0.3 is 4.74 Å². The molecule has 0 aliphatic carbocycles. The summed E-state index contributed by atoms with van der Waals surface area (Å²) in [4.78, 5) is 13.5. The van der Waals surface area contributed by atoms with Gasteiger partial charge in [-0.25, -0.2) is 0 Å². The van der Waals surface area contributed by atoms with E-state index in [4.69, 9.17) is 4.74 Å². The smallest absolute Gasteiger partial charge is 0.195 e. The molecule has 0 N–H and O–H groups in total. The maximum Gasteiger partial charge on any atom is 0.195 e. The van der Waals surface area contributed by atoms with Crippen molar-refractivity contribution >= 4 is 22.9 Å². The summed E-state index contributed by atoms with van der Waals surface area (Å²) in [5.74, 6) is 1.59. The quantitative estimate of drug-likeness (QED) is 0.254. The Labute approximate surface area is 185 Å². The first kappa shape index (κ1) is 19.3. The second kappa shape index (κ2) is 8.58. The molecular weight excluding hydrogens is 400 g/mol. The van der Waals surface area contributed by atoms with Crippen LogP contribution in [0.4, 0.5) is 0 Å². The number of benzene rings is 3. The molecule has 1 aliphatic rings. The number of ether oxygens (including phenoxy) is 1. The van der Waals surface area contributed by atoms with Gasteiger partial charge in [0.2, 0.25) is 0 Å². The van der Waals surface area contributed by atoms with E-state index in [-0.39, 0.29) is 11.7 Å². The molecule has 150 valence electrons. The third-order valence-electron chi connectivity index (χ3n) is 5.36. The third-order valence-corrected chi connectivity index (χ3v) is 6.25. The van der Waals surface area contributed by atoms with Crippen molar-refractivity contribution in [2.75, 3.05) is 0 Å². The summed E-state index contributed by atoms with van der Waals surface area (Å²) < 4.78 is 6.43. The fraction of sp³-hybridized carbons (Fsp3) is 0.0357. The van der Waals surface area contributed by atoms with E-state index < -0.39 is 0 Å². The summed E-state index contributed by atoms with van der Waals surface area (Å²) in [6.07, 6.45) is 3.59. The molecule has 0 bridgehead atoms. The Kier molecular flexibility index (Phi) is 5.34. The van der Waals surface area contributed by atoms with E-state index in [1.807, 2.05) is 90.3 Å². The van der Waals surface area contributed by atoms with Gasteiger partial charge in [0.15, 0.2) is 5.78 Å². The summed E-state index contributed by atoms with van der Waals surface area (Å²) >= 11 is 1.45. The van der Waals surface area contributed by atoms with Crippen LogP contribution in [-0.2, 0) is 0 Å². The van der Waals surface area contributed by atoms with Crippen LogP contribution in [0.3, 0.4) is 0 Å². The van der Waals surface area contributed by atoms with Gasteiger partial charge in [0.25, 0.3) is 0 Å². The van der Waals surface area contributed by atoms with Crippen molar-refractivity contribution in [3.8, 4) is 5.75 Å². The van der Waals surface area contributed by atoms with Crippen LogP contribution in [0.15, 0.2) is 120 Å². The average molecular weight is 421 g/mol. The molecule has 5 rings (SSSR count). The topological polar surface area (TPSA) is 26.3 Å². The number of ketones is 1. The molecule has 31 heavy (non-hydrogen) atoms. The van der Waals surface area contributed by atoms with Crippen molar-refractivity contribution in [2.24, 2.45) is 0 Å². The zero-order valence-corrected chi connectivity index (χ0v) is 17.6. The van der Waals surface area contributed by atoms with Crippen LogP contribution >= 0.6 is 11.3 Å². The average Bonchev–Trinajstić information content (AvgIpc) is 3.38. The third kappa shape index (κ3) is 3.88. The minimum absolute atomic E-state index is 0.000539. The lowest BCUT2D eigenvalue weighted by molar-refractivity contribution is 0.105. The number of carbonyl (C=O) groups excluding carboxylic acids is 1. The second-order valence-corrected chi connectivity index (χ2v) is 8.26. The SMILES string of the molecule is O=C(C=CC1=C(c2ccccc2)Oc2ccccc2[C@@H]1c1ccccc1)c1cccs1. The molecule has 0 unspecified atom stereocenters. The molecule has 1 atom stereocenters. The van der Waals surface area contributed by atoms with Crippen LogP contribution in [0.1, 0.15) is 32.3 Å². The van der Waals surface area contributed by atoms with Crippen LogP contribution in [-0.4, -0.2) is 5.78 Å². The first-order valence-corrected chi connectivity index (χ1v) is 11.1. The molecule has 0 spiro atoms. The maximum absolute atomic E-state index is 12.7. The van der Waals surface area contributed by atoms with Crippen LogP contribution in [0.25, 0.3) is 5.76 Å². The zero-order valence-electron chi connectivity index (χ0n) is 16.8. The number of hydrogen-bond donors (Lipinski definition) is 0. The number of carbonyl (C=O) groups is 1. The summed E-state index contributed by atoms with van der Waals surface area (Å²) in [5.41, 5.74) is 4.22. The first-order chi connectivity index (χ1) is 15.3. The van der Waals surface area contributed by atoms with Gasteiger partial charge in [0.05, 0.1) is 4.88 Å². The van der Waals surface area contributed by atoms with E-state index in [0.717, 1.165) is 38.6 Å². The van der Waals surface area contributed by atoms with E-state index in [2.05, 4.69) is 18.2 Å². The summed E-state index contributed by atoms with van der Waals surface area (Å²) in [5, 5.41) is 1.92. The number of para-hydroxylation sites is 1. The molecule has 0 fully saturated rings. The van der Waals surface area contributed by atoms with E-state index in [9.17, 15) is 4.79 Å². The van der Waals surface area contributed by atoms with Gasteiger partial charge >= 0.3 is 0 Å². The van der Waals surface area contributed by atoms with Crippen molar-refractivity contribution in [3.05, 3.63) is 142 Å². The monoisotopic (exact) mass is 420 g/mol. The van der Waals surface area contributed by atoms with Gasteiger partial charge in [-0.2, -0.15) is 0 Å². The lowest BCUT2D eigenvalue weighted by Crippen LogP contribution is -2.15. The Bertz CT molecular complexity index is 1250. The van der Waals surface area contributed by atoms with Crippen LogP contribution < -0.4 is 4.74 Å². The highest BCUT2D eigenvalue weighted by Gasteiger charge is 2.30. The van der Waals surface area contributed by atoms with Gasteiger partial charge in [-0.05, 0) is 29.2 Å². The number of thiophene rings is 1. The maximum atomic E-state index is 12.7. The van der Waals surface area contributed by atoms with E-state index in [1.165, 1.54) is 11.3 Å². The molecule has 3 heteroatoms. The van der Waals surface area contributed by atoms with Gasteiger partial charge in [-0.15, -0.1) is 11.3 Å². The van der Waals surface area contributed by atoms with Crippen LogP contribution in [0.5, 0.6) is 5.75 Å². The van der Waals surface area contributed by atoms with Gasteiger partial charge in [0, 0.05) is 22.6 Å². The van der Waals surface area contributed by atoms with Crippen molar-refractivity contribution < 1.29 is 9.53 Å². The molecule has 3 aromatic carbocycles. The van der Waals surface area contributed by atoms with Crippen molar-refractivity contribution in [2.45, 2.75) is 5.92 Å². The fourth-order valence-corrected chi connectivity index (χ4v) is 4.58. The van der Waals surface area contributed by atoms with E-state index in [0.29, 0.717) is 0 Å². The normalized spacial score (nSPS) is 15.5. The Morgan fingerprint density at radius 1 is 0.806 bits per heavy atom. The van der Waals surface area contributed by atoms with E-state index >= 15 is 0 Å². The lowest BCUT2D eigenvalue weighted by Gasteiger charge is -2.30. The molecule has 0 saturated carbocycles. The Morgan fingerprint density at radius 3 is 2.26 bits per heavy atom. The minimum atomic E-state index is -0.0336. The number of fused-ring (bicyclic) bond motifs is 1. The predicted molar refractivity (Wildman–Crippen MR) is 127 cm³/mol. The zero-order chi connectivity index (χ0) is 21.0. The van der Waals surface area contributed by atoms with Crippen molar-refractivity contribution in [1.29, 1.82) is 0 Å². The summed E-state index contributed by atoms with van der Waals surface area (Å²) in [7, 11) is 0. The number of rotatable bonds is 5. The Morgan fingerprint density at radius 2 is 1.52 bits per heavy atom. The highest BCUT2D eigenvalue weighted by molar-refractivity contribution is 7.12. The Hall–Kier alpha value is -3.69. The highest BCUT2D eigenvalue weighted by atomic mass is 32.1. The predicted octanol–water partition coefficient (Wildman–Crippen LogP) is 7.12. The van der Waals surface area contributed by atoms with E-state index in [1.54, 1.807) is 6.08 Å². The number of allylic oxidation sites excluding steroid dienone is 3. The lowest BCUT2D eigenvalue weighted by atomic mass is 9.81. The molecule has 0 amide bonds. The number of hydrogen-bond acceptors (Lipinski definition) is 3. The highest BCUT2D eigenvalue weighted by Crippen LogP contribution is 2.46. The summed E-state index contributed by atoms with van der Waals surface area (Å²) in [6, 6.07) is 32.3. The minimum Gasteiger partial charge on any atom is -0.456 e.